The van der Waals surface area contributed by atoms with Crippen LogP contribution in [0.1, 0.15) is 32.6 Å². The molecular formula is C13H19BO2S2. The Morgan fingerprint density at radius 1 is 1.33 bits per heavy atom. The third-order valence-corrected chi connectivity index (χ3v) is 4.79. The van der Waals surface area contributed by atoms with Crippen LogP contribution in [0.5, 0.6) is 0 Å². The summed E-state index contributed by atoms with van der Waals surface area (Å²) in [5.74, 6) is 0.634. The highest BCUT2D eigenvalue weighted by Gasteiger charge is 2.52. The smallest absolute Gasteiger partial charge is 0.400 e. The van der Waals surface area contributed by atoms with Crippen molar-refractivity contribution < 1.29 is 9.31 Å². The van der Waals surface area contributed by atoms with Crippen LogP contribution in [-0.4, -0.2) is 24.1 Å². The second-order valence-electron chi connectivity index (χ2n) is 5.48. The van der Waals surface area contributed by atoms with E-state index in [1.54, 1.807) is 11.3 Å². The van der Waals surface area contributed by atoms with Crippen molar-refractivity contribution in [1.29, 1.82) is 0 Å². The van der Waals surface area contributed by atoms with E-state index >= 15 is 0 Å². The van der Waals surface area contributed by atoms with Crippen molar-refractivity contribution in [1.82, 2.24) is 0 Å². The zero-order valence-corrected chi connectivity index (χ0v) is 13.0. The van der Waals surface area contributed by atoms with E-state index in [1.807, 2.05) is 6.07 Å². The fourth-order valence-corrected chi connectivity index (χ4v) is 2.67. The van der Waals surface area contributed by atoms with E-state index in [0.717, 1.165) is 5.47 Å². The molecular weight excluding hydrogens is 263 g/mol. The van der Waals surface area contributed by atoms with Gasteiger partial charge in [0.1, 0.15) is 0 Å². The summed E-state index contributed by atoms with van der Waals surface area (Å²) in [6.45, 7) is 8.26. The summed E-state index contributed by atoms with van der Waals surface area (Å²) in [6, 6.07) is 4.12. The molecule has 0 atom stereocenters. The Morgan fingerprint density at radius 2 is 1.94 bits per heavy atom. The lowest BCUT2D eigenvalue weighted by molar-refractivity contribution is 0.00578. The normalized spacial score (nSPS) is 22.5. The van der Waals surface area contributed by atoms with Gasteiger partial charge in [-0.1, -0.05) is 6.07 Å². The van der Waals surface area contributed by atoms with E-state index in [4.69, 9.17) is 9.31 Å². The van der Waals surface area contributed by atoms with Gasteiger partial charge in [0.2, 0.25) is 0 Å². The summed E-state index contributed by atoms with van der Waals surface area (Å²) in [5, 5.41) is 2.06. The first kappa shape index (κ1) is 14.2. The lowest BCUT2D eigenvalue weighted by Gasteiger charge is -2.32. The molecule has 1 aromatic heterocycles. The van der Waals surface area contributed by atoms with Crippen LogP contribution in [0.2, 0.25) is 0 Å². The number of hydrogen-bond acceptors (Lipinski definition) is 4. The van der Waals surface area contributed by atoms with Crippen LogP contribution in [0.25, 0.3) is 6.08 Å². The highest BCUT2D eigenvalue weighted by Crippen LogP contribution is 2.39. The molecule has 0 N–H and O–H groups in total. The van der Waals surface area contributed by atoms with E-state index in [9.17, 15) is 0 Å². The van der Waals surface area contributed by atoms with Crippen molar-refractivity contribution in [3.05, 3.63) is 27.9 Å². The summed E-state index contributed by atoms with van der Waals surface area (Å²) in [5.41, 5.74) is 0.476. The lowest BCUT2D eigenvalue weighted by Crippen LogP contribution is -2.41. The third-order valence-electron chi connectivity index (χ3n) is 3.61. The van der Waals surface area contributed by atoms with Gasteiger partial charge in [0.15, 0.2) is 0 Å². The van der Waals surface area contributed by atoms with Crippen LogP contribution >= 0.6 is 24.0 Å². The molecule has 0 unspecified atom stereocenters. The van der Waals surface area contributed by atoms with E-state index in [0.29, 0.717) is 5.75 Å². The van der Waals surface area contributed by atoms with Gasteiger partial charge in [-0.15, -0.1) is 11.3 Å². The first-order valence-electron chi connectivity index (χ1n) is 6.06. The average molecular weight is 282 g/mol. The largest absolute Gasteiger partial charge is 0.491 e. The van der Waals surface area contributed by atoms with Gasteiger partial charge in [-0.05, 0) is 50.7 Å². The van der Waals surface area contributed by atoms with E-state index in [-0.39, 0.29) is 18.3 Å². The summed E-state index contributed by atoms with van der Waals surface area (Å²) >= 11 is 6.10. The van der Waals surface area contributed by atoms with Crippen molar-refractivity contribution >= 4 is 37.2 Å². The van der Waals surface area contributed by atoms with Gasteiger partial charge in [0.05, 0.1) is 11.2 Å². The molecule has 0 radical (unpaired) electrons. The molecule has 2 rings (SSSR count). The Kier molecular flexibility index (Phi) is 3.97. The van der Waals surface area contributed by atoms with E-state index < -0.39 is 0 Å². The van der Waals surface area contributed by atoms with Gasteiger partial charge in [-0.25, -0.2) is 0 Å². The molecule has 1 aromatic rings. The Bertz CT molecular complexity index is 422. The van der Waals surface area contributed by atoms with Crippen LogP contribution in [0.4, 0.5) is 0 Å². The Labute approximate surface area is 119 Å². The second kappa shape index (κ2) is 5.04. The summed E-state index contributed by atoms with van der Waals surface area (Å²) in [4.78, 5) is 1.20. The predicted octanol–water partition coefficient (Wildman–Crippen LogP) is 3.69. The maximum atomic E-state index is 6.03. The minimum Gasteiger partial charge on any atom is -0.400 e. The summed E-state index contributed by atoms with van der Waals surface area (Å²) < 4.78 is 12.1. The maximum absolute atomic E-state index is 6.03. The SMILES string of the molecule is CC1(C)OB(C(=Cc2cccs2)CS)OC1(C)C. The molecule has 5 heteroatoms. The zero-order valence-electron chi connectivity index (χ0n) is 11.3. The van der Waals surface area contributed by atoms with Crippen molar-refractivity contribution in [2.75, 3.05) is 5.75 Å². The average Bonchev–Trinajstić information content (AvgIpc) is 2.82. The van der Waals surface area contributed by atoms with Crippen LogP contribution in [-0.2, 0) is 9.31 Å². The maximum Gasteiger partial charge on any atom is 0.491 e. The third kappa shape index (κ3) is 2.69. The first-order chi connectivity index (χ1) is 8.36. The van der Waals surface area contributed by atoms with Crippen molar-refractivity contribution in [2.45, 2.75) is 38.9 Å². The fraction of sp³-hybridized carbons (Fsp3) is 0.538. The summed E-state index contributed by atoms with van der Waals surface area (Å²) in [7, 11) is -0.297. The van der Waals surface area contributed by atoms with Crippen LogP contribution < -0.4 is 0 Å². The Hall–Kier alpha value is -0.225. The first-order valence-corrected chi connectivity index (χ1v) is 7.57. The Morgan fingerprint density at radius 3 is 2.39 bits per heavy atom. The van der Waals surface area contributed by atoms with Crippen molar-refractivity contribution in [2.24, 2.45) is 0 Å². The molecule has 2 heterocycles. The van der Waals surface area contributed by atoms with Crippen LogP contribution in [0, 0.1) is 0 Å². The lowest BCUT2D eigenvalue weighted by atomic mass is 9.79. The van der Waals surface area contributed by atoms with Crippen molar-refractivity contribution in [3.8, 4) is 0 Å². The fourth-order valence-electron chi connectivity index (χ4n) is 1.74. The molecule has 0 bridgehead atoms. The molecule has 1 saturated heterocycles. The number of thiophene rings is 1. The molecule has 0 amide bonds. The molecule has 1 aliphatic rings. The quantitative estimate of drug-likeness (QED) is 0.673. The molecule has 1 fully saturated rings. The zero-order chi connectivity index (χ0) is 13.4. The van der Waals surface area contributed by atoms with Gasteiger partial charge in [-0.3, -0.25) is 0 Å². The molecule has 0 saturated carbocycles. The molecule has 0 aromatic carbocycles. The van der Waals surface area contributed by atoms with Gasteiger partial charge in [0, 0.05) is 10.6 Å². The molecule has 0 spiro atoms. The van der Waals surface area contributed by atoms with Crippen molar-refractivity contribution in [3.63, 3.8) is 0 Å². The van der Waals surface area contributed by atoms with E-state index in [2.05, 4.69) is 57.8 Å². The molecule has 98 valence electrons. The topological polar surface area (TPSA) is 18.5 Å². The second-order valence-corrected chi connectivity index (χ2v) is 6.78. The predicted molar refractivity (Wildman–Crippen MR) is 82.2 cm³/mol. The van der Waals surface area contributed by atoms with Gasteiger partial charge in [0.25, 0.3) is 0 Å². The van der Waals surface area contributed by atoms with Gasteiger partial charge in [-0.2, -0.15) is 12.6 Å². The summed E-state index contributed by atoms with van der Waals surface area (Å²) in [6.07, 6.45) is 2.11. The number of thiol groups is 1. The van der Waals surface area contributed by atoms with Gasteiger partial charge < -0.3 is 9.31 Å². The van der Waals surface area contributed by atoms with E-state index in [1.165, 1.54) is 4.88 Å². The minimum absolute atomic E-state index is 0.296. The highest BCUT2D eigenvalue weighted by atomic mass is 32.1. The van der Waals surface area contributed by atoms with Crippen LogP contribution in [0.3, 0.4) is 0 Å². The van der Waals surface area contributed by atoms with Gasteiger partial charge >= 0.3 is 7.12 Å². The molecule has 18 heavy (non-hydrogen) atoms. The Balaban J connectivity index is 2.22. The monoisotopic (exact) mass is 282 g/mol. The van der Waals surface area contributed by atoms with Crippen LogP contribution in [0.15, 0.2) is 23.0 Å². The minimum atomic E-state index is -0.297. The highest BCUT2D eigenvalue weighted by molar-refractivity contribution is 7.80. The number of hydrogen-bond donors (Lipinski definition) is 1. The molecule has 1 aliphatic heterocycles. The molecule has 2 nitrogen and oxygen atoms in total. The molecule has 0 aliphatic carbocycles. The standard InChI is InChI=1S/C13H19BO2S2/c1-12(2)13(3,4)16-14(15-12)10(9-17)8-11-6-5-7-18-11/h5-8,17H,9H2,1-4H3. The number of rotatable bonds is 3.